The number of fused-ring (bicyclic) bond motifs is 1. The molecule has 1 aromatic carbocycles. The lowest BCUT2D eigenvalue weighted by Gasteiger charge is -2.22. The Bertz CT molecular complexity index is 1290. The van der Waals surface area contributed by atoms with Crippen LogP contribution in [0.3, 0.4) is 0 Å². The molecule has 0 spiro atoms. The van der Waals surface area contributed by atoms with E-state index in [-0.39, 0.29) is 6.23 Å². The quantitative estimate of drug-likeness (QED) is 0.237. The zero-order valence-corrected chi connectivity index (χ0v) is 21.4. The summed E-state index contributed by atoms with van der Waals surface area (Å²) in [5.41, 5.74) is 4.27. The van der Waals surface area contributed by atoms with Crippen molar-refractivity contribution in [3.8, 4) is 22.4 Å². The molecule has 10 heteroatoms. The fourth-order valence-electron chi connectivity index (χ4n) is 4.31. The van der Waals surface area contributed by atoms with E-state index in [9.17, 15) is 4.39 Å². The number of ether oxygens (including phenoxy) is 2. The monoisotopic (exact) mass is 494 g/mol. The van der Waals surface area contributed by atoms with Crippen LogP contribution in [0.1, 0.15) is 25.5 Å². The summed E-state index contributed by atoms with van der Waals surface area (Å²) in [6.45, 7) is 8.77. The minimum atomic E-state index is -1.20. The molecule has 0 saturated carbocycles. The van der Waals surface area contributed by atoms with Crippen molar-refractivity contribution in [3.05, 3.63) is 48.8 Å². The third kappa shape index (κ3) is 5.34. The number of nitrogens with zero attached hydrogens (tertiary/aromatic N) is 6. The van der Waals surface area contributed by atoms with E-state index in [2.05, 4.69) is 40.0 Å². The average Bonchev–Trinajstić information content (AvgIpc) is 3.50. The van der Waals surface area contributed by atoms with Crippen molar-refractivity contribution < 1.29 is 13.9 Å². The Morgan fingerprint density at radius 1 is 1.06 bits per heavy atom. The van der Waals surface area contributed by atoms with E-state index in [4.69, 9.17) is 9.47 Å². The first-order chi connectivity index (χ1) is 16.9. The van der Waals surface area contributed by atoms with Gasteiger partial charge in [-0.15, -0.1) is 10.2 Å². The Hall–Kier alpha value is -2.95. The molecule has 4 aromatic rings. The van der Waals surface area contributed by atoms with Crippen LogP contribution in [0.25, 0.3) is 33.3 Å². The van der Waals surface area contributed by atoms with Crippen molar-refractivity contribution in [2.24, 2.45) is 0 Å². The second-order valence-electron chi connectivity index (χ2n) is 10.2. The highest BCUT2D eigenvalue weighted by molar-refractivity contribution is 6.76. The molecule has 0 amide bonds. The van der Waals surface area contributed by atoms with Gasteiger partial charge in [-0.05, 0) is 49.1 Å². The summed E-state index contributed by atoms with van der Waals surface area (Å²) in [5.74, 6) is -0.609. The molecule has 4 heterocycles. The van der Waals surface area contributed by atoms with Gasteiger partial charge >= 0.3 is 0 Å². The Balaban J connectivity index is 1.51. The number of hydrogen-bond donors (Lipinski definition) is 0. The van der Waals surface area contributed by atoms with Crippen LogP contribution in [-0.4, -0.2) is 51.0 Å². The van der Waals surface area contributed by atoms with E-state index >= 15 is 0 Å². The lowest BCUT2D eigenvalue weighted by atomic mass is 10.00. The van der Waals surface area contributed by atoms with Gasteiger partial charge in [0, 0.05) is 44.0 Å². The van der Waals surface area contributed by atoms with E-state index in [0.717, 1.165) is 59.5 Å². The summed E-state index contributed by atoms with van der Waals surface area (Å²) in [5, 5.41) is 17.9. The largest absolute Gasteiger partial charge is 0.360 e. The third-order valence-corrected chi connectivity index (χ3v) is 7.99. The maximum Gasteiger partial charge on any atom is 0.233 e. The Morgan fingerprint density at radius 2 is 1.91 bits per heavy atom. The van der Waals surface area contributed by atoms with Gasteiger partial charge in [0.25, 0.3) is 0 Å². The molecule has 0 radical (unpaired) electrons. The van der Waals surface area contributed by atoms with E-state index in [1.165, 1.54) is 6.07 Å². The van der Waals surface area contributed by atoms with Gasteiger partial charge in [0.2, 0.25) is 5.95 Å². The molecule has 1 fully saturated rings. The minimum Gasteiger partial charge on any atom is -0.360 e. The summed E-state index contributed by atoms with van der Waals surface area (Å²) in [6, 6.07) is 8.05. The second-order valence-corrected chi connectivity index (χ2v) is 15.8. The Morgan fingerprint density at radius 3 is 2.66 bits per heavy atom. The van der Waals surface area contributed by atoms with Gasteiger partial charge in [-0.2, -0.15) is 14.6 Å². The predicted octanol–water partition coefficient (Wildman–Crippen LogP) is 5.51. The zero-order chi connectivity index (χ0) is 24.4. The standard InChI is InChI=1S/C25H31FN6O2Si/c1-35(2,3)13-12-33-17-32-25-20(22-9-10-23(26)30-29-22)8-7-19(21(25)15-28-32)18-14-27-31(16-18)24-6-4-5-11-34-24/h7-10,14-16,24H,4-6,11-13,17H2,1-3H3. The van der Waals surface area contributed by atoms with Crippen LogP contribution in [0, 0.1) is 5.95 Å². The third-order valence-electron chi connectivity index (χ3n) is 6.28. The van der Waals surface area contributed by atoms with Crippen LogP contribution in [0.15, 0.2) is 42.9 Å². The lowest BCUT2D eigenvalue weighted by molar-refractivity contribution is -0.0394. The SMILES string of the molecule is C[Si](C)(C)CCOCn1ncc2c(-c3cnn(C4CCCCO4)c3)ccc(-c3ccc(F)nn3)c21. The molecular formula is C25H31FN6O2Si. The highest BCUT2D eigenvalue weighted by atomic mass is 28.3. The van der Waals surface area contributed by atoms with Gasteiger partial charge in [0.05, 0.1) is 23.6 Å². The van der Waals surface area contributed by atoms with Crippen molar-refractivity contribution in [2.45, 2.75) is 57.9 Å². The number of hydrogen-bond acceptors (Lipinski definition) is 6. The number of benzene rings is 1. The smallest absolute Gasteiger partial charge is 0.233 e. The van der Waals surface area contributed by atoms with E-state index < -0.39 is 14.0 Å². The van der Waals surface area contributed by atoms with Crippen molar-refractivity contribution in [1.29, 1.82) is 0 Å². The summed E-state index contributed by atoms with van der Waals surface area (Å²) in [6.07, 6.45) is 8.92. The van der Waals surface area contributed by atoms with E-state index in [1.54, 1.807) is 6.07 Å². The van der Waals surface area contributed by atoms with Gasteiger partial charge in [0.1, 0.15) is 13.0 Å². The Labute approximate surface area is 205 Å². The number of halogens is 1. The molecule has 1 aliphatic heterocycles. The molecular weight excluding hydrogens is 463 g/mol. The molecule has 184 valence electrons. The van der Waals surface area contributed by atoms with Crippen LogP contribution < -0.4 is 0 Å². The molecule has 1 saturated heterocycles. The summed E-state index contributed by atoms with van der Waals surface area (Å²) >= 11 is 0. The normalized spacial score (nSPS) is 16.7. The van der Waals surface area contributed by atoms with Crippen LogP contribution in [0.2, 0.25) is 25.7 Å². The predicted molar refractivity (Wildman–Crippen MR) is 135 cm³/mol. The van der Waals surface area contributed by atoms with Crippen molar-refractivity contribution in [2.75, 3.05) is 13.2 Å². The highest BCUT2D eigenvalue weighted by Crippen LogP contribution is 2.35. The molecule has 35 heavy (non-hydrogen) atoms. The molecule has 1 unspecified atom stereocenters. The average molecular weight is 495 g/mol. The first kappa shape index (κ1) is 23.8. The number of rotatable bonds is 8. The first-order valence-electron chi connectivity index (χ1n) is 12.1. The van der Waals surface area contributed by atoms with Crippen molar-refractivity contribution in [3.63, 3.8) is 0 Å². The summed E-state index contributed by atoms with van der Waals surface area (Å²) in [7, 11) is -1.20. The molecule has 8 nitrogen and oxygen atoms in total. The van der Waals surface area contributed by atoms with Gasteiger partial charge in [0.15, 0.2) is 0 Å². The molecule has 5 rings (SSSR count). The van der Waals surface area contributed by atoms with Crippen molar-refractivity contribution >= 4 is 19.0 Å². The maximum atomic E-state index is 13.5. The minimum absolute atomic E-state index is 0.0238. The van der Waals surface area contributed by atoms with E-state index in [0.29, 0.717) is 19.0 Å². The molecule has 1 aliphatic rings. The fourth-order valence-corrected chi connectivity index (χ4v) is 5.07. The second kappa shape index (κ2) is 9.96. The van der Waals surface area contributed by atoms with Gasteiger partial charge in [-0.25, -0.2) is 9.36 Å². The molecule has 0 N–H and O–H groups in total. The Kier molecular flexibility index (Phi) is 6.77. The first-order valence-corrected chi connectivity index (χ1v) is 15.8. The summed E-state index contributed by atoms with van der Waals surface area (Å²) < 4.78 is 29.1. The molecule has 1 atom stereocenters. The summed E-state index contributed by atoms with van der Waals surface area (Å²) in [4.78, 5) is 0. The van der Waals surface area contributed by atoms with Crippen LogP contribution >= 0.6 is 0 Å². The maximum absolute atomic E-state index is 13.5. The molecule has 0 aliphatic carbocycles. The van der Waals surface area contributed by atoms with Crippen molar-refractivity contribution in [1.82, 2.24) is 29.8 Å². The molecule has 0 bridgehead atoms. The fraction of sp³-hybridized carbons (Fsp3) is 0.440. The van der Waals surface area contributed by atoms with E-state index in [1.807, 2.05) is 40.1 Å². The van der Waals surface area contributed by atoms with Crippen LogP contribution in [0.4, 0.5) is 4.39 Å². The lowest BCUT2D eigenvalue weighted by Crippen LogP contribution is -2.22. The number of aromatic nitrogens is 6. The molecule has 3 aromatic heterocycles. The van der Waals surface area contributed by atoms with Crippen LogP contribution in [-0.2, 0) is 16.2 Å². The van der Waals surface area contributed by atoms with Crippen LogP contribution in [0.5, 0.6) is 0 Å². The topological polar surface area (TPSA) is 79.9 Å². The zero-order valence-electron chi connectivity index (χ0n) is 20.4. The van der Waals surface area contributed by atoms with Gasteiger partial charge < -0.3 is 9.47 Å². The van der Waals surface area contributed by atoms with Gasteiger partial charge in [-0.1, -0.05) is 25.7 Å². The highest BCUT2D eigenvalue weighted by Gasteiger charge is 2.20. The van der Waals surface area contributed by atoms with Gasteiger partial charge in [-0.3, -0.25) is 0 Å².